The normalized spacial score (nSPS) is 17.8. The zero-order valence-electron chi connectivity index (χ0n) is 18.5. The summed E-state index contributed by atoms with van der Waals surface area (Å²) < 4.78 is 35.4. The van der Waals surface area contributed by atoms with Crippen molar-refractivity contribution in [3.05, 3.63) is 0 Å². The fourth-order valence-corrected chi connectivity index (χ4v) is 3.26. The minimum atomic E-state index is -4.76. The van der Waals surface area contributed by atoms with Gasteiger partial charge in [-0.2, -0.15) is 8.42 Å². The predicted octanol–water partition coefficient (Wildman–Crippen LogP) is -5.99. The molecule has 0 saturated carbocycles. The van der Waals surface area contributed by atoms with E-state index in [4.69, 9.17) is 15.4 Å². The van der Waals surface area contributed by atoms with Gasteiger partial charge in [0.1, 0.15) is 24.7 Å². The number of ether oxygens (including phenoxy) is 1. The number of aliphatic hydroxyl groups excluding tert-OH is 2. The van der Waals surface area contributed by atoms with E-state index in [0.29, 0.717) is 0 Å². The molecule has 0 spiro atoms. The van der Waals surface area contributed by atoms with Gasteiger partial charge in [-0.1, -0.05) is 0 Å². The summed E-state index contributed by atoms with van der Waals surface area (Å²) in [5.41, 5.74) is 4.88. The number of amides is 6. The molecule has 1 fully saturated rings. The second-order valence-electron chi connectivity index (χ2n) is 7.21. The van der Waals surface area contributed by atoms with Crippen LogP contribution >= 0.6 is 0 Å². The predicted molar refractivity (Wildman–Crippen MR) is 111 cm³/mol. The molecule has 8 N–H and O–H groups in total. The van der Waals surface area contributed by atoms with Gasteiger partial charge in [0.15, 0.2) is 6.10 Å². The van der Waals surface area contributed by atoms with Gasteiger partial charge in [-0.25, -0.2) is 9.10 Å². The van der Waals surface area contributed by atoms with Crippen molar-refractivity contribution in [2.24, 2.45) is 5.73 Å². The second kappa shape index (κ2) is 12.2. The molecule has 4 atom stereocenters. The average molecular weight is 526 g/mol. The van der Waals surface area contributed by atoms with E-state index >= 15 is 0 Å². The number of β-lactam (4-membered cyclic amide) rings is 1. The van der Waals surface area contributed by atoms with Crippen LogP contribution in [0.25, 0.3) is 0 Å². The molecule has 1 rings (SSSR count). The van der Waals surface area contributed by atoms with Gasteiger partial charge in [0, 0.05) is 7.05 Å². The SMILES string of the molecule is CC(NC(=O)C(COC(N)=O)N(C)C(=O)CNC(=O)C(O)CO)C(=O)NC1CN(S(=O)(=O)O)C1=O. The van der Waals surface area contributed by atoms with Gasteiger partial charge in [0.05, 0.1) is 19.7 Å². The zero-order chi connectivity index (χ0) is 27.1. The summed E-state index contributed by atoms with van der Waals surface area (Å²) in [6.07, 6.45) is -3.06. The highest BCUT2D eigenvalue weighted by atomic mass is 32.2. The van der Waals surface area contributed by atoms with Crippen molar-refractivity contribution in [2.75, 3.05) is 33.4 Å². The lowest BCUT2D eigenvalue weighted by Crippen LogP contribution is -2.67. The molecule has 198 valence electrons. The van der Waals surface area contributed by atoms with Crippen LogP contribution in [-0.2, 0) is 39.0 Å². The largest absolute Gasteiger partial charge is 0.447 e. The lowest BCUT2D eigenvalue weighted by molar-refractivity contribution is -0.143. The Balaban J connectivity index is 2.77. The van der Waals surface area contributed by atoms with Gasteiger partial charge in [0.25, 0.3) is 11.8 Å². The van der Waals surface area contributed by atoms with E-state index in [1.807, 2.05) is 5.32 Å². The molecule has 1 aliphatic rings. The van der Waals surface area contributed by atoms with Gasteiger partial charge in [0.2, 0.25) is 17.7 Å². The van der Waals surface area contributed by atoms with Crippen LogP contribution in [0, 0.1) is 0 Å². The number of rotatable bonds is 12. The lowest BCUT2D eigenvalue weighted by Gasteiger charge is -2.36. The number of nitrogens with zero attached hydrogens (tertiary/aromatic N) is 2. The van der Waals surface area contributed by atoms with Crippen LogP contribution in [0.5, 0.6) is 0 Å². The van der Waals surface area contributed by atoms with E-state index in [9.17, 15) is 42.3 Å². The van der Waals surface area contributed by atoms with Crippen LogP contribution in [0.1, 0.15) is 6.92 Å². The van der Waals surface area contributed by atoms with Crippen molar-refractivity contribution >= 4 is 45.9 Å². The Kier molecular flexibility index (Phi) is 10.3. The van der Waals surface area contributed by atoms with E-state index in [-0.39, 0.29) is 4.31 Å². The third kappa shape index (κ3) is 8.31. The summed E-state index contributed by atoms with van der Waals surface area (Å²) in [6.45, 7) is -1.67. The van der Waals surface area contributed by atoms with Gasteiger partial charge in [-0.3, -0.25) is 28.5 Å². The topological polar surface area (TPSA) is 275 Å². The van der Waals surface area contributed by atoms with Crippen LogP contribution in [-0.4, -0.2) is 126 Å². The lowest BCUT2D eigenvalue weighted by atomic mass is 10.1. The fraction of sp³-hybridized carbons (Fsp3) is 0.625. The number of nitrogens with two attached hydrogens (primary N) is 1. The average Bonchev–Trinajstić information content (AvgIpc) is 2.77. The molecule has 0 aromatic carbocycles. The first-order chi connectivity index (χ1) is 16.1. The molecule has 0 aliphatic carbocycles. The van der Waals surface area contributed by atoms with Crippen molar-refractivity contribution in [3.63, 3.8) is 0 Å². The minimum Gasteiger partial charge on any atom is -0.447 e. The smallest absolute Gasteiger partial charge is 0.404 e. The number of hydrogen-bond acceptors (Lipinski definition) is 11. The Bertz CT molecular complexity index is 972. The molecule has 0 aromatic rings. The maximum absolute atomic E-state index is 12.7. The standard InChI is InChI=1S/C16H26N6O12S/c1-7(12(26)20-8-4-22(15(8)29)35(31,32)33)19-13(27)9(6-34-16(17)30)21(2)11(25)3-18-14(28)10(24)5-23/h7-10,23-24H,3-6H2,1-2H3,(H2,17,30)(H,18,28)(H,19,27)(H,20,26)(H,31,32,33). The van der Waals surface area contributed by atoms with Crippen LogP contribution in [0.15, 0.2) is 0 Å². The van der Waals surface area contributed by atoms with Gasteiger partial charge in [-0.15, -0.1) is 0 Å². The van der Waals surface area contributed by atoms with E-state index < -0.39 is 96.5 Å². The van der Waals surface area contributed by atoms with E-state index in [1.54, 1.807) is 0 Å². The third-order valence-electron chi connectivity index (χ3n) is 4.68. The molecule has 6 amide bonds. The zero-order valence-corrected chi connectivity index (χ0v) is 19.4. The first kappa shape index (κ1) is 29.5. The van der Waals surface area contributed by atoms with E-state index in [0.717, 1.165) is 11.9 Å². The summed E-state index contributed by atoms with van der Waals surface area (Å²) in [5, 5.41) is 24.3. The molecule has 4 unspecified atom stereocenters. The number of likely N-dealkylation sites (N-methyl/N-ethyl adjacent to an activating group) is 1. The molecule has 0 bridgehead atoms. The molecule has 18 nitrogen and oxygen atoms in total. The molecular formula is C16H26N6O12S. The Morgan fingerprint density at radius 1 is 1.23 bits per heavy atom. The highest BCUT2D eigenvalue weighted by Crippen LogP contribution is 2.14. The number of primary amides is 1. The molecule has 0 radical (unpaired) electrons. The molecule has 35 heavy (non-hydrogen) atoms. The van der Waals surface area contributed by atoms with Crippen molar-refractivity contribution in [3.8, 4) is 0 Å². The molecule has 1 aliphatic heterocycles. The van der Waals surface area contributed by atoms with E-state index in [1.165, 1.54) is 6.92 Å². The van der Waals surface area contributed by atoms with Gasteiger partial charge in [-0.05, 0) is 6.92 Å². The van der Waals surface area contributed by atoms with Crippen LogP contribution in [0.3, 0.4) is 0 Å². The Morgan fingerprint density at radius 2 is 1.83 bits per heavy atom. The number of aliphatic hydroxyl groups is 2. The fourth-order valence-electron chi connectivity index (χ4n) is 2.57. The summed E-state index contributed by atoms with van der Waals surface area (Å²) in [5.74, 6) is -4.97. The van der Waals surface area contributed by atoms with Gasteiger partial charge >= 0.3 is 16.4 Å². The molecule has 0 aromatic heterocycles. The molecule has 19 heteroatoms. The molecule has 1 saturated heterocycles. The maximum Gasteiger partial charge on any atom is 0.404 e. The molecular weight excluding hydrogens is 500 g/mol. The van der Waals surface area contributed by atoms with Crippen LogP contribution in [0.2, 0.25) is 0 Å². The van der Waals surface area contributed by atoms with Crippen LogP contribution in [0.4, 0.5) is 4.79 Å². The minimum absolute atomic E-state index is 0.122. The maximum atomic E-state index is 12.7. The van der Waals surface area contributed by atoms with Crippen LogP contribution < -0.4 is 21.7 Å². The van der Waals surface area contributed by atoms with Gasteiger partial charge < -0.3 is 41.5 Å². The van der Waals surface area contributed by atoms with E-state index in [2.05, 4.69) is 15.4 Å². The summed E-state index contributed by atoms with van der Waals surface area (Å²) in [6, 6.07) is -4.13. The molecule has 1 heterocycles. The second-order valence-corrected chi connectivity index (χ2v) is 8.54. The Morgan fingerprint density at radius 3 is 2.31 bits per heavy atom. The highest BCUT2D eigenvalue weighted by molar-refractivity contribution is 7.84. The Labute approximate surface area is 198 Å². The number of nitrogens with one attached hydrogen (secondary N) is 3. The summed E-state index contributed by atoms with van der Waals surface area (Å²) in [7, 11) is -3.66. The van der Waals surface area contributed by atoms with Crippen molar-refractivity contribution in [2.45, 2.75) is 31.2 Å². The highest BCUT2D eigenvalue weighted by Gasteiger charge is 2.45. The first-order valence-corrected chi connectivity index (χ1v) is 11.1. The number of hydrogen-bond donors (Lipinski definition) is 7. The summed E-state index contributed by atoms with van der Waals surface area (Å²) >= 11 is 0. The quantitative estimate of drug-likeness (QED) is 0.0924. The van der Waals surface area contributed by atoms with Crippen molar-refractivity contribution in [1.29, 1.82) is 0 Å². The number of carbonyl (C=O) groups excluding carboxylic acids is 6. The number of carbonyl (C=O) groups is 6. The van der Waals surface area contributed by atoms with Crippen molar-refractivity contribution < 1.29 is 56.7 Å². The monoisotopic (exact) mass is 526 g/mol. The Hall–Kier alpha value is -3.55. The van der Waals surface area contributed by atoms with Crippen molar-refractivity contribution in [1.82, 2.24) is 25.2 Å². The first-order valence-electron chi connectivity index (χ1n) is 9.74. The summed E-state index contributed by atoms with van der Waals surface area (Å²) in [4.78, 5) is 72.2. The third-order valence-corrected chi connectivity index (χ3v) is 5.56.